The number of carboxylic acids is 1. The van der Waals surface area contributed by atoms with E-state index in [4.69, 9.17) is 13.9 Å². The predicted octanol–water partition coefficient (Wildman–Crippen LogP) is 5.95. The first-order valence-electron chi connectivity index (χ1n) is 10.3. The lowest BCUT2D eigenvalue weighted by Crippen LogP contribution is -2.05. The first-order valence-corrected chi connectivity index (χ1v) is 11.2. The fourth-order valence-corrected chi connectivity index (χ4v) is 4.28. The van der Waals surface area contributed by atoms with Crippen LogP contribution < -0.4 is 4.74 Å². The number of carboxylic acid groups (broad SMARTS) is 1. The van der Waals surface area contributed by atoms with Crippen molar-refractivity contribution in [1.29, 1.82) is 0 Å². The Balaban J connectivity index is 1.49. The molecule has 164 valence electrons. The van der Waals surface area contributed by atoms with Gasteiger partial charge in [-0.2, -0.15) is 0 Å². The number of oxazole rings is 1. The highest BCUT2D eigenvalue weighted by Crippen LogP contribution is 2.34. The van der Waals surface area contributed by atoms with Crippen LogP contribution in [0.25, 0.3) is 27.6 Å². The summed E-state index contributed by atoms with van der Waals surface area (Å²) in [5.74, 6) is 0.979. The summed E-state index contributed by atoms with van der Waals surface area (Å²) in [5.41, 5.74) is 2.59. The minimum Gasteiger partial charge on any atom is -0.492 e. The summed E-state index contributed by atoms with van der Waals surface area (Å²) in [6, 6.07) is 15.5. The zero-order valence-electron chi connectivity index (χ0n) is 17.8. The molecular formula is C25H23NO5S. The van der Waals surface area contributed by atoms with Crippen LogP contribution in [-0.2, 0) is 16.0 Å². The standard InChI is InChI=1S/C25H23NO5S/c1-3-29-22(25(27)28)15-18-9-10-21(23-19(18)12-14-32-23)30-13-11-20-16(2)31-24(26-20)17-7-5-4-6-8-17/h4-10,12,14-15H,3,11,13H2,1-2H3,(H,27,28)/b22-15+. The van der Waals surface area contributed by atoms with Gasteiger partial charge in [-0.3, -0.25) is 0 Å². The normalized spacial score (nSPS) is 11.6. The molecule has 32 heavy (non-hydrogen) atoms. The molecule has 0 unspecified atom stereocenters. The van der Waals surface area contributed by atoms with Gasteiger partial charge in [0.15, 0.2) is 0 Å². The average molecular weight is 450 g/mol. The van der Waals surface area contributed by atoms with Crippen LogP contribution in [0.5, 0.6) is 5.75 Å². The van der Waals surface area contributed by atoms with Crippen molar-refractivity contribution >= 4 is 33.5 Å². The van der Waals surface area contributed by atoms with E-state index in [-0.39, 0.29) is 5.76 Å². The maximum absolute atomic E-state index is 11.4. The van der Waals surface area contributed by atoms with Crippen molar-refractivity contribution < 1.29 is 23.8 Å². The lowest BCUT2D eigenvalue weighted by Gasteiger charge is -2.09. The van der Waals surface area contributed by atoms with E-state index in [0.717, 1.165) is 38.4 Å². The molecule has 0 aliphatic carbocycles. The SMILES string of the molecule is CCO/C(=C/c1ccc(OCCc2nc(-c3ccccc3)oc2C)c2sccc12)C(=O)O. The van der Waals surface area contributed by atoms with Gasteiger partial charge in [-0.05, 0) is 55.1 Å². The highest BCUT2D eigenvalue weighted by molar-refractivity contribution is 7.17. The lowest BCUT2D eigenvalue weighted by atomic mass is 10.1. The average Bonchev–Trinajstić information content (AvgIpc) is 3.43. The zero-order valence-corrected chi connectivity index (χ0v) is 18.6. The molecule has 0 amide bonds. The van der Waals surface area contributed by atoms with Crippen LogP contribution >= 0.6 is 11.3 Å². The van der Waals surface area contributed by atoms with E-state index in [9.17, 15) is 9.90 Å². The molecule has 7 heteroatoms. The van der Waals surface area contributed by atoms with Crippen molar-refractivity contribution in [3.8, 4) is 17.2 Å². The van der Waals surface area contributed by atoms with Crippen LogP contribution in [0, 0.1) is 6.92 Å². The van der Waals surface area contributed by atoms with Gasteiger partial charge >= 0.3 is 5.97 Å². The molecule has 4 aromatic rings. The number of fused-ring (bicyclic) bond motifs is 1. The molecule has 0 aliphatic rings. The van der Waals surface area contributed by atoms with Crippen LogP contribution in [0.4, 0.5) is 0 Å². The number of hydrogen-bond donors (Lipinski definition) is 1. The Kier molecular flexibility index (Phi) is 6.56. The van der Waals surface area contributed by atoms with Gasteiger partial charge in [0, 0.05) is 17.4 Å². The van der Waals surface area contributed by atoms with Crippen molar-refractivity contribution in [2.75, 3.05) is 13.2 Å². The maximum Gasteiger partial charge on any atom is 0.371 e. The third kappa shape index (κ3) is 4.68. The molecule has 0 radical (unpaired) electrons. The number of aliphatic carboxylic acids is 1. The Morgan fingerprint density at radius 1 is 1.19 bits per heavy atom. The van der Waals surface area contributed by atoms with Gasteiger partial charge in [0.05, 0.1) is 23.6 Å². The second-order valence-electron chi connectivity index (χ2n) is 7.05. The Labute approximate surface area is 189 Å². The van der Waals surface area contributed by atoms with Gasteiger partial charge in [0.1, 0.15) is 11.5 Å². The summed E-state index contributed by atoms with van der Waals surface area (Å²) in [6.45, 7) is 4.40. The van der Waals surface area contributed by atoms with Gasteiger partial charge < -0.3 is 19.0 Å². The molecule has 2 aromatic carbocycles. The zero-order chi connectivity index (χ0) is 22.5. The van der Waals surface area contributed by atoms with Gasteiger partial charge in [-0.25, -0.2) is 9.78 Å². The fraction of sp³-hybridized carbons (Fsp3) is 0.200. The number of nitrogens with zero attached hydrogens (tertiary/aromatic N) is 1. The Morgan fingerprint density at radius 2 is 2.00 bits per heavy atom. The van der Waals surface area contributed by atoms with Crippen molar-refractivity contribution in [3.05, 3.63) is 76.7 Å². The second kappa shape index (κ2) is 9.70. The number of aromatic nitrogens is 1. The molecule has 0 atom stereocenters. The lowest BCUT2D eigenvalue weighted by molar-refractivity contribution is -0.136. The van der Waals surface area contributed by atoms with Crippen molar-refractivity contribution in [2.24, 2.45) is 0 Å². The molecule has 0 fully saturated rings. The quantitative estimate of drug-likeness (QED) is 0.251. The number of rotatable bonds is 9. The molecule has 0 aliphatic heterocycles. The van der Waals surface area contributed by atoms with Gasteiger partial charge in [-0.1, -0.05) is 24.3 Å². The molecule has 4 rings (SSSR count). The van der Waals surface area contributed by atoms with Gasteiger partial charge in [-0.15, -0.1) is 11.3 Å². The van der Waals surface area contributed by atoms with E-state index in [1.165, 1.54) is 0 Å². The molecule has 2 aromatic heterocycles. The van der Waals surface area contributed by atoms with Crippen molar-refractivity contribution in [2.45, 2.75) is 20.3 Å². The number of benzene rings is 2. The van der Waals surface area contributed by atoms with E-state index in [2.05, 4.69) is 4.98 Å². The van der Waals surface area contributed by atoms with Crippen LogP contribution in [-0.4, -0.2) is 29.3 Å². The van der Waals surface area contributed by atoms with Crippen LogP contribution in [0.1, 0.15) is 23.9 Å². The van der Waals surface area contributed by atoms with Crippen LogP contribution in [0.15, 0.2) is 64.1 Å². The first kappa shape index (κ1) is 21.6. The molecule has 0 saturated heterocycles. The summed E-state index contributed by atoms with van der Waals surface area (Å²) in [7, 11) is 0. The van der Waals surface area contributed by atoms with Crippen molar-refractivity contribution in [3.63, 3.8) is 0 Å². The molecule has 0 saturated carbocycles. The molecule has 1 N–H and O–H groups in total. The molecule has 6 nitrogen and oxygen atoms in total. The minimum absolute atomic E-state index is 0.0793. The van der Waals surface area contributed by atoms with E-state index < -0.39 is 5.97 Å². The summed E-state index contributed by atoms with van der Waals surface area (Å²) in [6.07, 6.45) is 2.17. The van der Waals surface area contributed by atoms with Gasteiger partial charge in [0.25, 0.3) is 0 Å². The number of aryl methyl sites for hydroxylation is 1. The third-order valence-electron chi connectivity index (χ3n) is 4.92. The number of hydrogen-bond acceptors (Lipinski definition) is 6. The van der Waals surface area contributed by atoms with Crippen LogP contribution in [0.3, 0.4) is 0 Å². The number of ether oxygens (including phenoxy) is 2. The number of carbonyl (C=O) groups is 1. The third-order valence-corrected chi connectivity index (χ3v) is 5.85. The fourth-order valence-electron chi connectivity index (χ4n) is 3.38. The predicted molar refractivity (Wildman–Crippen MR) is 125 cm³/mol. The Bertz CT molecular complexity index is 1260. The van der Waals surface area contributed by atoms with E-state index in [1.54, 1.807) is 24.3 Å². The highest BCUT2D eigenvalue weighted by atomic mass is 32.1. The Hall–Kier alpha value is -3.58. The summed E-state index contributed by atoms with van der Waals surface area (Å²) >= 11 is 1.55. The van der Waals surface area contributed by atoms with Crippen LogP contribution in [0.2, 0.25) is 0 Å². The summed E-state index contributed by atoms with van der Waals surface area (Å²) in [4.78, 5) is 16.0. The van der Waals surface area contributed by atoms with E-state index >= 15 is 0 Å². The molecule has 0 spiro atoms. The Morgan fingerprint density at radius 3 is 2.75 bits per heavy atom. The summed E-state index contributed by atoms with van der Waals surface area (Å²) in [5, 5.41) is 12.2. The van der Waals surface area contributed by atoms with Crippen molar-refractivity contribution in [1.82, 2.24) is 4.98 Å². The largest absolute Gasteiger partial charge is 0.492 e. The van der Waals surface area contributed by atoms with Gasteiger partial charge in [0.2, 0.25) is 11.6 Å². The smallest absolute Gasteiger partial charge is 0.371 e. The van der Waals surface area contributed by atoms with E-state index in [0.29, 0.717) is 25.5 Å². The number of thiophene rings is 1. The second-order valence-corrected chi connectivity index (χ2v) is 7.97. The minimum atomic E-state index is -1.09. The monoisotopic (exact) mass is 449 g/mol. The molecule has 2 heterocycles. The maximum atomic E-state index is 11.4. The van der Waals surface area contributed by atoms with E-state index in [1.807, 2.05) is 60.8 Å². The molecular weight excluding hydrogens is 426 g/mol. The summed E-state index contributed by atoms with van der Waals surface area (Å²) < 4.78 is 18.1. The molecule has 0 bridgehead atoms. The first-order chi connectivity index (χ1) is 15.6. The highest BCUT2D eigenvalue weighted by Gasteiger charge is 2.14. The topological polar surface area (TPSA) is 81.8 Å².